The van der Waals surface area contributed by atoms with Crippen LogP contribution in [0, 0.1) is 5.92 Å². The fourth-order valence-electron chi connectivity index (χ4n) is 3.62. The van der Waals surface area contributed by atoms with Crippen LogP contribution in [0.5, 0.6) is 5.75 Å². The first-order valence-corrected chi connectivity index (χ1v) is 8.90. The molecule has 26 heavy (non-hydrogen) atoms. The van der Waals surface area contributed by atoms with E-state index in [-0.39, 0.29) is 5.92 Å². The van der Waals surface area contributed by atoms with Crippen molar-refractivity contribution in [1.29, 1.82) is 0 Å². The van der Waals surface area contributed by atoms with E-state index in [1.165, 1.54) is 5.57 Å². The van der Waals surface area contributed by atoms with Crippen molar-refractivity contribution in [2.75, 3.05) is 7.11 Å². The number of hydrogen-bond acceptors (Lipinski definition) is 2. The molecule has 0 bridgehead atoms. The van der Waals surface area contributed by atoms with Crippen LogP contribution in [-0.2, 0) is 5.60 Å². The van der Waals surface area contributed by atoms with E-state index in [1.54, 1.807) is 7.11 Å². The average Bonchev–Trinajstić information content (AvgIpc) is 3.49. The summed E-state index contributed by atoms with van der Waals surface area (Å²) in [5.74, 6) is 0.943. The summed E-state index contributed by atoms with van der Waals surface area (Å²) < 4.78 is 5.22. The molecule has 0 aliphatic heterocycles. The summed E-state index contributed by atoms with van der Waals surface area (Å²) >= 11 is 0. The van der Waals surface area contributed by atoms with Crippen molar-refractivity contribution >= 4 is 6.08 Å². The zero-order valence-corrected chi connectivity index (χ0v) is 14.8. The maximum absolute atomic E-state index is 11.8. The Labute approximate surface area is 154 Å². The Morgan fingerprint density at radius 2 is 1.38 bits per heavy atom. The highest BCUT2D eigenvalue weighted by molar-refractivity contribution is 5.61. The standard InChI is InChI=1S/C24H22O2/c1-26-22-14-12-18(13-15-22)16-19-17-23(19)24(25,20-8-4-2-5-9-20)21-10-6-3-7-11-21/h2-16,23,25H,17H2,1H3/b19-16-. The topological polar surface area (TPSA) is 29.5 Å². The third-order valence-corrected chi connectivity index (χ3v) is 5.13. The minimum absolute atomic E-state index is 0.0920. The number of methoxy groups -OCH3 is 1. The van der Waals surface area contributed by atoms with Crippen molar-refractivity contribution in [2.45, 2.75) is 12.0 Å². The Hall–Kier alpha value is -2.84. The third kappa shape index (κ3) is 3.04. The predicted octanol–water partition coefficient (Wildman–Crippen LogP) is 5.03. The Balaban J connectivity index is 1.69. The van der Waals surface area contributed by atoms with Gasteiger partial charge in [-0.15, -0.1) is 0 Å². The van der Waals surface area contributed by atoms with Crippen LogP contribution in [0.3, 0.4) is 0 Å². The van der Waals surface area contributed by atoms with E-state index < -0.39 is 5.60 Å². The van der Waals surface area contributed by atoms with Gasteiger partial charge in [0, 0.05) is 5.92 Å². The fourth-order valence-corrected chi connectivity index (χ4v) is 3.62. The molecule has 0 spiro atoms. The summed E-state index contributed by atoms with van der Waals surface area (Å²) in [6, 6.07) is 28.0. The van der Waals surface area contributed by atoms with Crippen LogP contribution in [0.15, 0.2) is 90.5 Å². The van der Waals surface area contributed by atoms with Crippen molar-refractivity contribution in [1.82, 2.24) is 0 Å². The second kappa shape index (κ2) is 6.81. The van der Waals surface area contributed by atoms with Gasteiger partial charge in [-0.1, -0.05) is 84.4 Å². The maximum atomic E-state index is 11.8. The Bertz CT molecular complexity index is 856. The zero-order valence-electron chi connectivity index (χ0n) is 14.8. The van der Waals surface area contributed by atoms with Crippen molar-refractivity contribution < 1.29 is 9.84 Å². The molecule has 1 saturated carbocycles. The van der Waals surface area contributed by atoms with E-state index >= 15 is 0 Å². The van der Waals surface area contributed by atoms with Crippen LogP contribution in [-0.4, -0.2) is 12.2 Å². The lowest BCUT2D eigenvalue weighted by molar-refractivity contribution is 0.0612. The van der Waals surface area contributed by atoms with Gasteiger partial charge in [-0.2, -0.15) is 0 Å². The lowest BCUT2D eigenvalue weighted by atomic mass is 9.82. The largest absolute Gasteiger partial charge is 0.497 e. The van der Waals surface area contributed by atoms with Crippen LogP contribution in [0.4, 0.5) is 0 Å². The molecule has 3 aromatic carbocycles. The molecule has 0 amide bonds. The summed E-state index contributed by atoms with van der Waals surface area (Å²) in [4.78, 5) is 0. The Morgan fingerprint density at radius 3 is 1.88 bits per heavy atom. The highest BCUT2D eigenvalue weighted by atomic mass is 16.5. The van der Waals surface area contributed by atoms with Gasteiger partial charge in [0.2, 0.25) is 0 Å². The van der Waals surface area contributed by atoms with Crippen LogP contribution < -0.4 is 4.74 Å². The summed E-state index contributed by atoms with van der Waals surface area (Å²) in [5.41, 5.74) is 3.28. The monoisotopic (exact) mass is 342 g/mol. The van der Waals surface area contributed by atoms with Crippen LogP contribution in [0.25, 0.3) is 6.08 Å². The van der Waals surface area contributed by atoms with Gasteiger partial charge >= 0.3 is 0 Å². The molecule has 3 aromatic rings. The van der Waals surface area contributed by atoms with Crippen molar-refractivity contribution in [2.24, 2.45) is 5.92 Å². The molecular formula is C24H22O2. The molecule has 1 unspecified atom stereocenters. The lowest BCUT2D eigenvalue weighted by Crippen LogP contribution is -2.30. The number of ether oxygens (including phenoxy) is 1. The first kappa shape index (κ1) is 16.6. The SMILES string of the molecule is COc1ccc(/C=C2/CC2C(O)(c2ccccc2)c2ccccc2)cc1. The molecule has 0 heterocycles. The first-order valence-electron chi connectivity index (χ1n) is 8.90. The smallest absolute Gasteiger partial charge is 0.121 e. The van der Waals surface area contributed by atoms with Gasteiger partial charge in [-0.05, 0) is 35.2 Å². The van der Waals surface area contributed by atoms with E-state index in [0.29, 0.717) is 0 Å². The molecule has 1 aliphatic carbocycles. The van der Waals surface area contributed by atoms with Gasteiger partial charge in [-0.3, -0.25) is 0 Å². The maximum Gasteiger partial charge on any atom is 0.121 e. The summed E-state index contributed by atoms with van der Waals surface area (Å²) in [6.45, 7) is 0. The molecular weight excluding hydrogens is 320 g/mol. The van der Waals surface area contributed by atoms with E-state index in [0.717, 1.165) is 28.9 Å². The summed E-state index contributed by atoms with van der Waals surface area (Å²) in [7, 11) is 1.67. The quantitative estimate of drug-likeness (QED) is 0.704. The van der Waals surface area contributed by atoms with E-state index in [9.17, 15) is 5.11 Å². The minimum atomic E-state index is -0.999. The molecule has 1 N–H and O–H groups in total. The molecule has 0 saturated heterocycles. The van der Waals surface area contributed by atoms with E-state index in [4.69, 9.17) is 4.74 Å². The summed E-state index contributed by atoms with van der Waals surface area (Å²) in [6.07, 6.45) is 3.08. The number of rotatable bonds is 5. The number of hydrogen-bond donors (Lipinski definition) is 1. The van der Waals surface area contributed by atoms with Gasteiger partial charge in [0.25, 0.3) is 0 Å². The van der Waals surface area contributed by atoms with Crippen LogP contribution in [0.1, 0.15) is 23.1 Å². The van der Waals surface area contributed by atoms with Crippen LogP contribution in [0.2, 0.25) is 0 Å². The predicted molar refractivity (Wildman–Crippen MR) is 105 cm³/mol. The first-order chi connectivity index (χ1) is 12.7. The Kier molecular flexibility index (Phi) is 4.36. The zero-order chi connectivity index (χ0) is 18.0. The summed E-state index contributed by atoms with van der Waals surface area (Å²) in [5, 5.41) is 11.8. The third-order valence-electron chi connectivity index (χ3n) is 5.13. The molecule has 0 aromatic heterocycles. The van der Waals surface area contributed by atoms with E-state index in [2.05, 4.69) is 6.08 Å². The number of aliphatic hydroxyl groups is 1. The second-order valence-electron chi connectivity index (χ2n) is 6.75. The van der Waals surface area contributed by atoms with Gasteiger partial charge in [0.05, 0.1) is 7.11 Å². The minimum Gasteiger partial charge on any atom is -0.497 e. The molecule has 1 aliphatic rings. The van der Waals surface area contributed by atoms with E-state index in [1.807, 2.05) is 84.9 Å². The second-order valence-corrected chi connectivity index (χ2v) is 6.75. The molecule has 0 radical (unpaired) electrons. The fraction of sp³-hybridized carbons (Fsp3) is 0.167. The van der Waals surface area contributed by atoms with Crippen molar-refractivity contribution in [3.63, 3.8) is 0 Å². The van der Waals surface area contributed by atoms with Crippen LogP contribution >= 0.6 is 0 Å². The van der Waals surface area contributed by atoms with Gasteiger partial charge in [0.15, 0.2) is 0 Å². The lowest BCUT2D eigenvalue weighted by Gasteiger charge is -2.29. The highest BCUT2D eigenvalue weighted by Crippen LogP contribution is 2.54. The molecule has 1 fully saturated rings. The normalized spacial score (nSPS) is 17.9. The van der Waals surface area contributed by atoms with Crippen molar-refractivity contribution in [3.05, 3.63) is 107 Å². The van der Waals surface area contributed by atoms with Gasteiger partial charge in [0.1, 0.15) is 11.4 Å². The molecule has 2 nitrogen and oxygen atoms in total. The van der Waals surface area contributed by atoms with Crippen molar-refractivity contribution in [3.8, 4) is 5.75 Å². The Morgan fingerprint density at radius 1 is 0.846 bits per heavy atom. The average molecular weight is 342 g/mol. The molecule has 1 atom stereocenters. The number of benzene rings is 3. The molecule has 130 valence electrons. The van der Waals surface area contributed by atoms with Gasteiger partial charge in [-0.25, -0.2) is 0 Å². The highest BCUT2D eigenvalue weighted by Gasteiger charge is 2.49. The molecule has 2 heteroatoms. The van der Waals surface area contributed by atoms with Gasteiger partial charge < -0.3 is 9.84 Å². The molecule has 4 rings (SSSR count).